The fourth-order valence-electron chi connectivity index (χ4n) is 3.50. The Hall–Kier alpha value is -4.32. The average Bonchev–Trinajstić information content (AvgIpc) is 2.84. The van der Waals surface area contributed by atoms with Gasteiger partial charge in [0, 0.05) is 18.3 Å². The van der Waals surface area contributed by atoms with E-state index in [1.165, 1.54) is 6.08 Å². The summed E-state index contributed by atoms with van der Waals surface area (Å²) in [5.74, 6) is 0.938. The molecule has 34 heavy (non-hydrogen) atoms. The number of nitrogens with zero attached hydrogens (tertiary/aromatic N) is 1. The first kappa shape index (κ1) is 22.9. The number of nitrogens with one attached hydrogen (secondary N) is 1. The number of hydrogen-bond donors (Lipinski definition) is 1. The van der Waals surface area contributed by atoms with Gasteiger partial charge in [-0.2, -0.15) is 0 Å². The molecule has 4 rings (SSSR count). The summed E-state index contributed by atoms with van der Waals surface area (Å²) in [6.45, 7) is 6.64. The molecule has 0 spiro atoms. The molecule has 172 valence electrons. The first-order valence-electron chi connectivity index (χ1n) is 11.0. The van der Waals surface area contributed by atoms with Crippen molar-refractivity contribution in [1.82, 2.24) is 0 Å². The SMILES string of the molecule is C=C(C)CN1C(=O)COc2ccc(NC(=O)/C=C/c3ccc(OCc4ccccc4)cc3)cc21. The predicted octanol–water partition coefficient (Wildman–Crippen LogP) is 5.22. The molecule has 6 nitrogen and oxygen atoms in total. The quantitative estimate of drug-likeness (QED) is 0.374. The zero-order chi connectivity index (χ0) is 23.9. The van der Waals surface area contributed by atoms with Crippen LogP contribution in [0, 0.1) is 0 Å². The van der Waals surface area contributed by atoms with E-state index in [4.69, 9.17) is 9.47 Å². The molecule has 3 aromatic rings. The van der Waals surface area contributed by atoms with Crippen molar-refractivity contribution < 1.29 is 19.1 Å². The van der Waals surface area contributed by atoms with Gasteiger partial charge in [-0.1, -0.05) is 54.6 Å². The lowest BCUT2D eigenvalue weighted by Gasteiger charge is -2.30. The maximum atomic E-state index is 12.5. The summed E-state index contributed by atoms with van der Waals surface area (Å²) in [7, 11) is 0. The van der Waals surface area contributed by atoms with Crippen LogP contribution < -0.4 is 19.7 Å². The first-order valence-corrected chi connectivity index (χ1v) is 11.0. The Morgan fingerprint density at radius 3 is 2.62 bits per heavy atom. The van der Waals surface area contributed by atoms with Crippen LogP contribution in [-0.2, 0) is 16.2 Å². The molecule has 1 aliphatic rings. The second-order valence-electron chi connectivity index (χ2n) is 8.07. The molecule has 0 aromatic heterocycles. The number of carbonyl (C=O) groups is 2. The van der Waals surface area contributed by atoms with Crippen molar-refractivity contribution in [3.63, 3.8) is 0 Å². The van der Waals surface area contributed by atoms with Crippen LogP contribution in [0.3, 0.4) is 0 Å². The summed E-state index contributed by atoms with van der Waals surface area (Å²) < 4.78 is 11.3. The predicted molar refractivity (Wildman–Crippen MR) is 134 cm³/mol. The lowest BCUT2D eigenvalue weighted by Crippen LogP contribution is -2.39. The minimum atomic E-state index is -0.279. The molecular formula is C28H26N2O4. The van der Waals surface area contributed by atoms with Gasteiger partial charge < -0.3 is 19.7 Å². The second-order valence-corrected chi connectivity index (χ2v) is 8.07. The molecule has 0 radical (unpaired) electrons. The summed E-state index contributed by atoms with van der Waals surface area (Å²) in [5, 5.41) is 2.83. The van der Waals surface area contributed by atoms with Gasteiger partial charge >= 0.3 is 0 Å². The molecule has 6 heteroatoms. The summed E-state index contributed by atoms with van der Waals surface area (Å²) in [6, 6.07) is 22.7. The van der Waals surface area contributed by atoms with Crippen molar-refractivity contribution in [2.45, 2.75) is 13.5 Å². The maximum Gasteiger partial charge on any atom is 0.265 e. The van der Waals surface area contributed by atoms with Crippen LogP contribution in [0.5, 0.6) is 11.5 Å². The van der Waals surface area contributed by atoms with Crippen LogP contribution in [-0.4, -0.2) is 25.0 Å². The molecule has 1 heterocycles. The molecule has 1 aliphatic heterocycles. The van der Waals surface area contributed by atoms with E-state index < -0.39 is 0 Å². The highest BCUT2D eigenvalue weighted by molar-refractivity contribution is 6.03. The third-order valence-electron chi connectivity index (χ3n) is 5.15. The van der Waals surface area contributed by atoms with Gasteiger partial charge in [-0.25, -0.2) is 0 Å². The topological polar surface area (TPSA) is 67.9 Å². The molecule has 0 saturated carbocycles. The Morgan fingerprint density at radius 1 is 1.12 bits per heavy atom. The third kappa shape index (κ3) is 5.92. The third-order valence-corrected chi connectivity index (χ3v) is 5.15. The van der Waals surface area contributed by atoms with Crippen LogP contribution in [0.25, 0.3) is 6.08 Å². The van der Waals surface area contributed by atoms with E-state index in [-0.39, 0.29) is 18.4 Å². The van der Waals surface area contributed by atoms with E-state index in [0.717, 1.165) is 22.4 Å². The molecule has 1 N–H and O–H groups in total. The molecule has 0 bridgehead atoms. The van der Waals surface area contributed by atoms with Gasteiger partial charge in [0.25, 0.3) is 5.91 Å². The number of benzene rings is 3. The lowest BCUT2D eigenvalue weighted by molar-refractivity contribution is -0.121. The number of amides is 2. The highest BCUT2D eigenvalue weighted by Crippen LogP contribution is 2.35. The van der Waals surface area contributed by atoms with Gasteiger partial charge in [0.1, 0.15) is 18.1 Å². The Bertz CT molecular complexity index is 1220. The van der Waals surface area contributed by atoms with Gasteiger partial charge in [0.2, 0.25) is 5.91 Å². The van der Waals surface area contributed by atoms with Crippen molar-refractivity contribution in [2.75, 3.05) is 23.4 Å². The van der Waals surface area contributed by atoms with E-state index in [9.17, 15) is 9.59 Å². The van der Waals surface area contributed by atoms with Crippen molar-refractivity contribution in [2.24, 2.45) is 0 Å². The molecule has 0 fully saturated rings. The number of hydrogen-bond acceptors (Lipinski definition) is 4. The monoisotopic (exact) mass is 454 g/mol. The van der Waals surface area contributed by atoms with Crippen molar-refractivity contribution >= 4 is 29.3 Å². The standard InChI is InChI=1S/C28H26N2O4/c1-20(2)17-30-25-16-23(11-14-26(25)34-19-28(30)32)29-27(31)15-10-21-8-12-24(13-9-21)33-18-22-6-4-3-5-7-22/h3-16H,1,17-19H2,2H3,(H,29,31)/b15-10+. The highest BCUT2D eigenvalue weighted by Gasteiger charge is 2.25. The highest BCUT2D eigenvalue weighted by atomic mass is 16.5. The van der Waals surface area contributed by atoms with Gasteiger partial charge in [-0.3, -0.25) is 9.59 Å². The summed E-state index contributed by atoms with van der Waals surface area (Å²) >= 11 is 0. The summed E-state index contributed by atoms with van der Waals surface area (Å²) in [5.41, 5.74) is 4.02. The van der Waals surface area contributed by atoms with Crippen LogP contribution in [0.4, 0.5) is 11.4 Å². The molecule has 0 saturated heterocycles. The number of rotatable bonds is 8. The Morgan fingerprint density at radius 2 is 1.88 bits per heavy atom. The molecule has 0 atom stereocenters. The smallest absolute Gasteiger partial charge is 0.265 e. The molecule has 0 aliphatic carbocycles. The van der Waals surface area contributed by atoms with Crippen LogP contribution in [0.15, 0.2) is 91.0 Å². The zero-order valence-electron chi connectivity index (χ0n) is 19.0. The van der Waals surface area contributed by atoms with E-state index in [0.29, 0.717) is 30.3 Å². The summed E-state index contributed by atoms with van der Waals surface area (Å²) in [4.78, 5) is 26.3. The molecule has 2 amide bonds. The number of carbonyl (C=O) groups excluding carboxylic acids is 2. The number of fused-ring (bicyclic) bond motifs is 1. The van der Waals surface area contributed by atoms with Gasteiger partial charge in [-0.15, -0.1) is 0 Å². The van der Waals surface area contributed by atoms with E-state index >= 15 is 0 Å². The van der Waals surface area contributed by atoms with Crippen LogP contribution in [0.1, 0.15) is 18.1 Å². The molecule has 3 aromatic carbocycles. The average molecular weight is 455 g/mol. The number of ether oxygens (including phenoxy) is 2. The Labute approximate surface area is 199 Å². The Balaban J connectivity index is 1.36. The van der Waals surface area contributed by atoms with Gasteiger partial charge in [0.15, 0.2) is 6.61 Å². The van der Waals surface area contributed by atoms with Crippen LogP contribution >= 0.6 is 0 Å². The van der Waals surface area contributed by atoms with Crippen molar-refractivity contribution in [3.05, 3.63) is 102 Å². The minimum Gasteiger partial charge on any atom is -0.489 e. The maximum absolute atomic E-state index is 12.5. The van der Waals surface area contributed by atoms with E-state index in [2.05, 4.69) is 11.9 Å². The largest absolute Gasteiger partial charge is 0.489 e. The molecule has 0 unspecified atom stereocenters. The van der Waals surface area contributed by atoms with E-state index in [1.807, 2.05) is 61.5 Å². The lowest BCUT2D eigenvalue weighted by atomic mass is 10.1. The van der Waals surface area contributed by atoms with Gasteiger partial charge in [0.05, 0.1) is 5.69 Å². The fourth-order valence-corrected chi connectivity index (χ4v) is 3.50. The van der Waals surface area contributed by atoms with Crippen molar-refractivity contribution in [3.8, 4) is 11.5 Å². The zero-order valence-corrected chi connectivity index (χ0v) is 19.0. The first-order chi connectivity index (χ1) is 16.5. The number of anilines is 2. The second kappa shape index (κ2) is 10.5. The minimum absolute atomic E-state index is 0.00912. The van der Waals surface area contributed by atoms with Crippen molar-refractivity contribution in [1.29, 1.82) is 0 Å². The van der Waals surface area contributed by atoms with Gasteiger partial charge in [-0.05, 0) is 54.5 Å². The fraction of sp³-hybridized carbons (Fsp3) is 0.143. The Kier molecular flexibility index (Phi) is 7.08. The molecular weight excluding hydrogens is 428 g/mol. The van der Waals surface area contributed by atoms with Crippen LogP contribution in [0.2, 0.25) is 0 Å². The summed E-state index contributed by atoms with van der Waals surface area (Å²) in [6.07, 6.45) is 3.20. The van der Waals surface area contributed by atoms with E-state index in [1.54, 1.807) is 29.2 Å². The normalized spacial score (nSPS) is 12.7.